The molecule has 0 aromatic carbocycles. The highest BCUT2D eigenvalue weighted by atomic mass is 16.2. The first-order valence-corrected chi connectivity index (χ1v) is 4.21. The van der Waals surface area contributed by atoms with Gasteiger partial charge in [-0.05, 0) is 19.9 Å². The zero-order valence-electron chi connectivity index (χ0n) is 7.25. The lowest BCUT2D eigenvalue weighted by molar-refractivity contribution is -0.133. The van der Waals surface area contributed by atoms with Crippen LogP contribution in [0.3, 0.4) is 0 Å². The average molecular weight is 170 g/mol. The largest absolute Gasteiger partial charge is 0.334 e. The molecule has 1 rings (SSSR count). The first-order chi connectivity index (χ1) is 5.75. The van der Waals surface area contributed by atoms with Crippen molar-refractivity contribution >= 4 is 12.2 Å². The molecule has 0 saturated carbocycles. The molecule has 0 radical (unpaired) electrons. The zero-order chi connectivity index (χ0) is 8.97. The highest BCUT2D eigenvalue weighted by Gasteiger charge is 2.21. The summed E-state index contributed by atoms with van der Waals surface area (Å²) in [5, 5.41) is 3.08. The standard InChI is InChI=1S/C8H14N2O2/c1-7-8(12)10(5-6-11)4-2-3-9-7/h6-7,9H,2-5H2,1H3. The SMILES string of the molecule is CC1NCCCN(CC=O)C1=O. The highest BCUT2D eigenvalue weighted by Crippen LogP contribution is 2.00. The molecule has 0 aromatic heterocycles. The van der Waals surface area contributed by atoms with Gasteiger partial charge in [-0.25, -0.2) is 0 Å². The number of carbonyl (C=O) groups is 2. The molecule has 4 nitrogen and oxygen atoms in total. The van der Waals surface area contributed by atoms with Gasteiger partial charge in [0, 0.05) is 6.54 Å². The van der Waals surface area contributed by atoms with Crippen molar-refractivity contribution in [2.45, 2.75) is 19.4 Å². The molecule has 1 amide bonds. The van der Waals surface area contributed by atoms with Crippen LogP contribution >= 0.6 is 0 Å². The Kier molecular flexibility index (Phi) is 3.22. The van der Waals surface area contributed by atoms with Gasteiger partial charge in [-0.1, -0.05) is 0 Å². The summed E-state index contributed by atoms with van der Waals surface area (Å²) in [7, 11) is 0. The van der Waals surface area contributed by atoms with Crippen LogP contribution in [-0.4, -0.2) is 42.8 Å². The first-order valence-electron chi connectivity index (χ1n) is 4.21. The molecule has 1 fully saturated rings. The fourth-order valence-corrected chi connectivity index (χ4v) is 1.33. The van der Waals surface area contributed by atoms with E-state index in [-0.39, 0.29) is 18.5 Å². The third-order valence-electron chi connectivity index (χ3n) is 2.03. The molecule has 1 N–H and O–H groups in total. The monoisotopic (exact) mass is 170 g/mol. The predicted octanol–water partition coefficient (Wildman–Crippen LogP) is -0.604. The van der Waals surface area contributed by atoms with Crippen molar-refractivity contribution in [3.8, 4) is 0 Å². The Balaban J connectivity index is 2.57. The zero-order valence-corrected chi connectivity index (χ0v) is 7.25. The van der Waals surface area contributed by atoms with E-state index in [0.29, 0.717) is 6.54 Å². The minimum Gasteiger partial charge on any atom is -0.334 e. The molecule has 12 heavy (non-hydrogen) atoms. The van der Waals surface area contributed by atoms with Crippen LogP contribution in [0.5, 0.6) is 0 Å². The number of nitrogens with zero attached hydrogens (tertiary/aromatic N) is 1. The Morgan fingerprint density at radius 1 is 1.75 bits per heavy atom. The molecule has 1 heterocycles. The highest BCUT2D eigenvalue weighted by molar-refractivity contribution is 5.83. The van der Waals surface area contributed by atoms with Crippen LogP contribution in [0.1, 0.15) is 13.3 Å². The lowest BCUT2D eigenvalue weighted by Crippen LogP contribution is -2.42. The van der Waals surface area contributed by atoms with Crippen molar-refractivity contribution in [3.63, 3.8) is 0 Å². The molecule has 1 unspecified atom stereocenters. The van der Waals surface area contributed by atoms with Crippen molar-refractivity contribution in [2.24, 2.45) is 0 Å². The van der Waals surface area contributed by atoms with Crippen LogP contribution in [0, 0.1) is 0 Å². The smallest absolute Gasteiger partial charge is 0.239 e. The van der Waals surface area contributed by atoms with E-state index in [1.807, 2.05) is 6.92 Å². The molecule has 4 heteroatoms. The van der Waals surface area contributed by atoms with Gasteiger partial charge in [-0.15, -0.1) is 0 Å². The van der Waals surface area contributed by atoms with Crippen molar-refractivity contribution < 1.29 is 9.59 Å². The van der Waals surface area contributed by atoms with Gasteiger partial charge in [-0.2, -0.15) is 0 Å². The maximum atomic E-state index is 11.4. The summed E-state index contributed by atoms with van der Waals surface area (Å²) in [5.41, 5.74) is 0. The molecule has 68 valence electrons. The number of nitrogens with one attached hydrogen (secondary N) is 1. The van der Waals surface area contributed by atoms with Crippen LogP contribution in [0.4, 0.5) is 0 Å². The topological polar surface area (TPSA) is 49.4 Å². The maximum Gasteiger partial charge on any atom is 0.239 e. The molecule has 1 atom stereocenters. The molecule has 1 aliphatic heterocycles. The van der Waals surface area contributed by atoms with Crippen molar-refractivity contribution in [2.75, 3.05) is 19.6 Å². The Bertz CT molecular complexity index is 182. The molecule has 0 aliphatic carbocycles. The molecule has 1 saturated heterocycles. The molecular formula is C8H14N2O2. The lowest BCUT2D eigenvalue weighted by atomic mass is 10.3. The summed E-state index contributed by atoms with van der Waals surface area (Å²) in [6, 6.07) is -0.146. The number of carbonyl (C=O) groups excluding carboxylic acids is 2. The number of rotatable bonds is 2. The van der Waals surface area contributed by atoms with Gasteiger partial charge in [0.15, 0.2) is 0 Å². The first kappa shape index (κ1) is 9.19. The summed E-state index contributed by atoms with van der Waals surface area (Å²) in [5.74, 6) is 0.0274. The van der Waals surface area contributed by atoms with Gasteiger partial charge < -0.3 is 15.0 Å². The fourth-order valence-electron chi connectivity index (χ4n) is 1.33. The van der Waals surface area contributed by atoms with Gasteiger partial charge in [0.25, 0.3) is 0 Å². The third-order valence-corrected chi connectivity index (χ3v) is 2.03. The third kappa shape index (κ3) is 2.04. The van der Waals surface area contributed by atoms with Crippen LogP contribution in [0.15, 0.2) is 0 Å². The van der Waals surface area contributed by atoms with E-state index in [0.717, 1.165) is 19.3 Å². The number of aldehydes is 1. The lowest BCUT2D eigenvalue weighted by Gasteiger charge is -2.19. The number of hydrogen-bond donors (Lipinski definition) is 1. The van der Waals surface area contributed by atoms with Crippen LogP contribution in [0.25, 0.3) is 0 Å². The quantitative estimate of drug-likeness (QED) is 0.563. The Labute approximate surface area is 71.9 Å². The van der Waals surface area contributed by atoms with E-state index in [1.165, 1.54) is 0 Å². The summed E-state index contributed by atoms with van der Waals surface area (Å²) in [6.45, 7) is 3.59. The number of hydrogen-bond acceptors (Lipinski definition) is 3. The molecule has 1 aliphatic rings. The van der Waals surface area contributed by atoms with Gasteiger partial charge in [-0.3, -0.25) is 4.79 Å². The minimum atomic E-state index is -0.146. The Hall–Kier alpha value is -0.900. The minimum absolute atomic E-state index is 0.0274. The van der Waals surface area contributed by atoms with E-state index < -0.39 is 0 Å². The number of amides is 1. The normalized spacial score (nSPS) is 25.2. The Morgan fingerprint density at radius 3 is 3.17 bits per heavy atom. The van der Waals surface area contributed by atoms with Gasteiger partial charge >= 0.3 is 0 Å². The van der Waals surface area contributed by atoms with E-state index >= 15 is 0 Å². The van der Waals surface area contributed by atoms with E-state index in [1.54, 1.807) is 4.90 Å². The van der Waals surface area contributed by atoms with Crippen LogP contribution in [0.2, 0.25) is 0 Å². The van der Waals surface area contributed by atoms with Crippen molar-refractivity contribution in [3.05, 3.63) is 0 Å². The van der Waals surface area contributed by atoms with E-state index in [2.05, 4.69) is 5.32 Å². The average Bonchev–Trinajstić information content (AvgIpc) is 2.20. The molecule has 0 spiro atoms. The second kappa shape index (κ2) is 4.21. The van der Waals surface area contributed by atoms with E-state index in [9.17, 15) is 9.59 Å². The molecule has 0 aromatic rings. The fraction of sp³-hybridized carbons (Fsp3) is 0.750. The summed E-state index contributed by atoms with van der Waals surface area (Å²) in [4.78, 5) is 23.3. The van der Waals surface area contributed by atoms with Crippen LogP contribution in [-0.2, 0) is 9.59 Å². The van der Waals surface area contributed by atoms with Gasteiger partial charge in [0.05, 0.1) is 12.6 Å². The second-order valence-electron chi connectivity index (χ2n) is 2.98. The Morgan fingerprint density at radius 2 is 2.50 bits per heavy atom. The molecular weight excluding hydrogens is 156 g/mol. The second-order valence-corrected chi connectivity index (χ2v) is 2.98. The van der Waals surface area contributed by atoms with Crippen molar-refractivity contribution in [1.82, 2.24) is 10.2 Å². The van der Waals surface area contributed by atoms with Crippen molar-refractivity contribution in [1.29, 1.82) is 0 Å². The predicted molar refractivity (Wildman–Crippen MR) is 44.7 cm³/mol. The van der Waals surface area contributed by atoms with Gasteiger partial charge in [0.1, 0.15) is 6.29 Å². The summed E-state index contributed by atoms with van der Waals surface area (Å²) < 4.78 is 0. The molecule has 0 bridgehead atoms. The van der Waals surface area contributed by atoms with Crippen LogP contribution < -0.4 is 5.32 Å². The summed E-state index contributed by atoms with van der Waals surface area (Å²) in [6.07, 6.45) is 1.69. The maximum absolute atomic E-state index is 11.4. The van der Waals surface area contributed by atoms with Gasteiger partial charge in [0.2, 0.25) is 5.91 Å². The van der Waals surface area contributed by atoms with E-state index in [4.69, 9.17) is 0 Å². The summed E-state index contributed by atoms with van der Waals surface area (Å²) >= 11 is 0.